The van der Waals surface area contributed by atoms with Crippen LogP contribution < -0.4 is 4.90 Å². The third kappa shape index (κ3) is 1.61. The van der Waals surface area contributed by atoms with Crippen molar-refractivity contribution in [2.75, 3.05) is 18.0 Å². The molecule has 86 valence electrons. The van der Waals surface area contributed by atoms with Crippen molar-refractivity contribution >= 4 is 16.5 Å². The van der Waals surface area contributed by atoms with Gasteiger partial charge in [0.05, 0.1) is 6.20 Å². The van der Waals surface area contributed by atoms with Crippen molar-refractivity contribution in [1.82, 2.24) is 15.0 Å². The molecular weight excluding hydrogens is 232 g/mol. The zero-order valence-corrected chi connectivity index (χ0v) is 10.1. The molecule has 2 aromatic heterocycles. The molecule has 2 aromatic rings. The number of rotatable bonds is 2. The van der Waals surface area contributed by atoms with Crippen LogP contribution in [-0.2, 0) is 0 Å². The molecule has 2 aliphatic rings. The summed E-state index contributed by atoms with van der Waals surface area (Å²) in [5.41, 5.74) is 1.80. The topological polar surface area (TPSA) is 41.9 Å². The van der Waals surface area contributed by atoms with Gasteiger partial charge >= 0.3 is 0 Å². The van der Waals surface area contributed by atoms with E-state index in [0.29, 0.717) is 0 Å². The Morgan fingerprint density at radius 1 is 1.18 bits per heavy atom. The fraction of sp³-hybridized carbons (Fsp3) is 0.417. The Bertz CT molecular complexity index is 528. The van der Waals surface area contributed by atoms with E-state index in [1.54, 1.807) is 29.9 Å². The van der Waals surface area contributed by atoms with Gasteiger partial charge in [0.2, 0.25) is 0 Å². The van der Waals surface area contributed by atoms with E-state index in [-0.39, 0.29) is 0 Å². The predicted octanol–water partition coefficient (Wildman–Crippen LogP) is 2.06. The molecular formula is C12H12N4S. The van der Waals surface area contributed by atoms with Crippen LogP contribution >= 0.6 is 11.3 Å². The second-order valence-corrected chi connectivity index (χ2v) is 5.60. The molecule has 4 nitrogen and oxygen atoms in total. The SMILES string of the molecule is c1cnc(-c2csc(N3CC4CC4C3)n2)cn1. The van der Waals surface area contributed by atoms with Crippen molar-refractivity contribution in [2.24, 2.45) is 11.8 Å². The minimum atomic E-state index is 0.861. The van der Waals surface area contributed by atoms with Crippen molar-refractivity contribution in [1.29, 1.82) is 0 Å². The maximum atomic E-state index is 4.66. The molecule has 0 radical (unpaired) electrons. The van der Waals surface area contributed by atoms with Crippen LogP contribution in [0.15, 0.2) is 24.0 Å². The molecule has 0 N–H and O–H groups in total. The maximum absolute atomic E-state index is 4.66. The minimum Gasteiger partial charge on any atom is -0.348 e. The zero-order chi connectivity index (χ0) is 11.2. The Balaban J connectivity index is 1.61. The van der Waals surface area contributed by atoms with Gasteiger partial charge < -0.3 is 4.90 Å². The lowest BCUT2D eigenvalue weighted by atomic mass is 10.4. The molecule has 0 bridgehead atoms. The third-order valence-electron chi connectivity index (χ3n) is 3.57. The summed E-state index contributed by atoms with van der Waals surface area (Å²) in [5.74, 6) is 1.89. The lowest BCUT2D eigenvalue weighted by Gasteiger charge is -2.15. The van der Waals surface area contributed by atoms with Gasteiger partial charge in [-0.1, -0.05) is 0 Å². The molecule has 3 heterocycles. The highest BCUT2D eigenvalue weighted by atomic mass is 32.1. The van der Waals surface area contributed by atoms with Crippen LogP contribution in [0.1, 0.15) is 6.42 Å². The normalized spacial score (nSPS) is 26.0. The van der Waals surface area contributed by atoms with Crippen LogP contribution in [0.5, 0.6) is 0 Å². The highest BCUT2D eigenvalue weighted by Gasteiger charge is 2.45. The fourth-order valence-corrected chi connectivity index (χ4v) is 3.35. The number of anilines is 1. The Morgan fingerprint density at radius 3 is 2.82 bits per heavy atom. The van der Waals surface area contributed by atoms with Gasteiger partial charge in [0.1, 0.15) is 11.4 Å². The maximum Gasteiger partial charge on any atom is 0.185 e. The van der Waals surface area contributed by atoms with Gasteiger partial charge in [-0.2, -0.15) is 0 Å². The van der Waals surface area contributed by atoms with E-state index in [4.69, 9.17) is 0 Å². The average Bonchev–Trinajstić information content (AvgIpc) is 2.85. The summed E-state index contributed by atoms with van der Waals surface area (Å²) < 4.78 is 0. The Hall–Kier alpha value is -1.49. The Kier molecular flexibility index (Phi) is 1.96. The number of fused-ring (bicyclic) bond motifs is 1. The van der Waals surface area contributed by atoms with Gasteiger partial charge in [-0.25, -0.2) is 4.98 Å². The quantitative estimate of drug-likeness (QED) is 0.811. The van der Waals surface area contributed by atoms with Gasteiger partial charge in [-0.3, -0.25) is 9.97 Å². The van der Waals surface area contributed by atoms with Crippen molar-refractivity contribution in [3.05, 3.63) is 24.0 Å². The van der Waals surface area contributed by atoms with Crippen molar-refractivity contribution in [3.63, 3.8) is 0 Å². The number of piperidine rings is 1. The highest BCUT2D eigenvalue weighted by molar-refractivity contribution is 7.14. The monoisotopic (exact) mass is 244 g/mol. The first-order chi connectivity index (χ1) is 8.40. The largest absolute Gasteiger partial charge is 0.348 e. The molecule has 5 heteroatoms. The molecule has 2 fully saturated rings. The van der Waals surface area contributed by atoms with E-state index in [1.165, 1.54) is 19.5 Å². The second-order valence-electron chi connectivity index (χ2n) is 4.77. The summed E-state index contributed by atoms with van der Waals surface area (Å²) in [6.45, 7) is 2.39. The summed E-state index contributed by atoms with van der Waals surface area (Å²) in [6, 6.07) is 0. The minimum absolute atomic E-state index is 0.861. The van der Waals surface area contributed by atoms with E-state index >= 15 is 0 Å². The Labute approximate surface area is 103 Å². The average molecular weight is 244 g/mol. The smallest absolute Gasteiger partial charge is 0.185 e. The summed E-state index contributed by atoms with van der Waals surface area (Å²) in [5, 5.41) is 3.21. The molecule has 0 spiro atoms. The lowest BCUT2D eigenvalue weighted by Crippen LogP contribution is -2.21. The van der Waals surface area contributed by atoms with Crippen molar-refractivity contribution in [2.45, 2.75) is 6.42 Å². The summed E-state index contributed by atoms with van der Waals surface area (Å²) in [4.78, 5) is 15.4. The van der Waals surface area contributed by atoms with E-state index in [0.717, 1.165) is 28.4 Å². The van der Waals surface area contributed by atoms with E-state index in [2.05, 4.69) is 25.2 Å². The molecule has 1 saturated carbocycles. The number of nitrogens with zero attached hydrogens (tertiary/aromatic N) is 4. The van der Waals surface area contributed by atoms with Crippen LogP contribution in [0.4, 0.5) is 5.13 Å². The first kappa shape index (κ1) is 9.53. The summed E-state index contributed by atoms with van der Waals surface area (Å²) in [6.07, 6.45) is 6.59. The molecule has 2 atom stereocenters. The van der Waals surface area contributed by atoms with Crippen molar-refractivity contribution in [3.8, 4) is 11.4 Å². The summed E-state index contributed by atoms with van der Waals surface area (Å²) in [7, 11) is 0. The number of hydrogen-bond acceptors (Lipinski definition) is 5. The van der Waals surface area contributed by atoms with Crippen LogP contribution in [0, 0.1) is 11.8 Å². The fourth-order valence-electron chi connectivity index (χ4n) is 2.51. The molecule has 0 amide bonds. The third-order valence-corrected chi connectivity index (χ3v) is 4.47. The molecule has 0 aromatic carbocycles. The van der Waals surface area contributed by atoms with Gasteiger partial charge in [0.15, 0.2) is 5.13 Å². The van der Waals surface area contributed by atoms with E-state index in [9.17, 15) is 0 Å². The van der Waals surface area contributed by atoms with Gasteiger partial charge in [0, 0.05) is 30.9 Å². The molecule has 2 unspecified atom stereocenters. The van der Waals surface area contributed by atoms with E-state index in [1.807, 2.05) is 0 Å². The van der Waals surface area contributed by atoms with Crippen LogP contribution in [0.25, 0.3) is 11.4 Å². The number of hydrogen-bond donors (Lipinski definition) is 0. The van der Waals surface area contributed by atoms with Gasteiger partial charge in [0.25, 0.3) is 0 Å². The van der Waals surface area contributed by atoms with Crippen LogP contribution in [-0.4, -0.2) is 28.0 Å². The lowest BCUT2D eigenvalue weighted by molar-refractivity contribution is 0.816. The molecule has 17 heavy (non-hydrogen) atoms. The summed E-state index contributed by atoms with van der Waals surface area (Å²) >= 11 is 1.71. The van der Waals surface area contributed by atoms with E-state index < -0.39 is 0 Å². The molecule has 1 aliphatic carbocycles. The van der Waals surface area contributed by atoms with Gasteiger partial charge in [-0.05, 0) is 18.3 Å². The van der Waals surface area contributed by atoms with Gasteiger partial charge in [-0.15, -0.1) is 11.3 Å². The number of thiazole rings is 1. The highest BCUT2D eigenvalue weighted by Crippen LogP contribution is 2.46. The second kappa shape index (κ2) is 3.50. The van der Waals surface area contributed by atoms with Crippen molar-refractivity contribution < 1.29 is 0 Å². The first-order valence-electron chi connectivity index (χ1n) is 5.87. The first-order valence-corrected chi connectivity index (χ1v) is 6.75. The number of aromatic nitrogens is 3. The molecule has 1 aliphatic heterocycles. The molecule has 1 saturated heterocycles. The van der Waals surface area contributed by atoms with Crippen LogP contribution in [0.2, 0.25) is 0 Å². The van der Waals surface area contributed by atoms with Crippen LogP contribution in [0.3, 0.4) is 0 Å². The standard InChI is InChI=1S/C12H12N4S/c1-2-14-10(4-13-1)11-7-17-12(15-11)16-5-8-3-9(8)6-16/h1-2,4,7-9H,3,5-6H2. The zero-order valence-electron chi connectivity index (χ0n) is 9.28. The predicted molar refractivity (Wildman–Crippen MR) is 67.0 cm³/mol. The Morgan fingerprint density at radius 2 is 2.06 bits per heavy atom. The molecule has 4 rings (SSSR count).